The molecule has 1 fully saturated rings. The van der Waals surface area contributed by atoms with E-state index >= 15 is 0 Å². The monoisotopic (exact) mass is 448 g/mol. The Bertz CT molecular complexity index is 676. The second-order valence-corrected chi connectivity index (χ2v) is 10.4. The van der Waals surface area contributed by atoms with Crippen LogP contribution in [0, 0.1) is 0 Å². The molecule has 8 heteroatoms. The maximum atomic E-state index is 12.2. The van der Waals surface area contributed by atoms with Crippen LogP contribution in [0.4, 0.5) is 5.69 Å². The first kappa shape index (κ1) is 20.6. The molecular formula is C17H25BrN2O3S2. The maximum Gasteiger partial charge on any atom is 0.240 e. The number of carbonyl (C=O) groups excluding carboxylic acids is 1. The van der Waals surface area contributed by atoms with Crippen LogP contribution in [0.5, 0.6) is 0 Å². The normalized spacial score (nSPS) is 15.8. The topological polar surface area (TPSA) is 66.5 Å². The van der Waals surface area contributed by atoms with Crippen molar-refractivity contribution < 1.29 is 13.2 Å². The van der Waals surface area contributed by atoms with Gasteiger partial charge in [-0.05, 0) is 40.9 Å². The van der Waals surface area contributed by atoms with Crippen molar-refractivity contribution in [3.63, 3.8) is 0 Å². The summed E-state index contributed by atoms with van der Waals surface area (Å²) in [4.78, 5) is 12.2. The maximum absolute atomic E-state index is 12.2. The molecule has 25 heavy (non-hydrogen) atoms. The molecule has 1 saturated carbocycles. The van der Waals surface area contributed by atoms with Gasteiger partial charge in [0.2, 0.25) is 15.9 Å². The van der Waals surface area contributed by atoms with E-state index in [1.807, 2.05) is 11.8 Å². The Hall–Kier alpha value is -0.730. The SMILES string of the molecule is CS(=O)(=O)N(CC(=O)NCCSC1CCCCC1)c1ccccc1Br. The highest BCUT2D eigenvalue weighted by Crippen LogP contribution is 2.28. The molecule has 2 rings (SSSR count). The van der Waals surface area contributed by atoms with Crippen LogP contribution < -0.4 is 9.62 Å². The van der Waals surface area contributed by atoms with Crippen LogP contribution >= 0.6 is 27.7 Å². The smallest absolute Gasteiger partial charge is 0.240 e. The molecule has 0 atom stereocenters. The average Bonchev–Trinajstić information content (AvgIpc) is 2.57. The first-order valence-electron chi connectivity index (χ1n) is 8.48. The van der Waals surface area contributed by atoms with E-state index in [4.69, 9.17) is 0 Å². The number of thioether (sulfide) groups is 1. The van der Waals surface area contributed by atoms with Gasteiger partial charge >= 0.3 is 0 Å². The lowest BCUT2D eigenvalue weighted by atomic mass is 10.0. The van der Waals surface area contributed by atoms with Crippen LogP contribution in [-0.2, 0) is 14.8 Å². The van der Waals surface area contributed by atoms with E-state index in [1.165, 1.54) is 32.1 Å². The van der Waals surface area contributed by atoms with Crippen LogP contribution in [0.3, 0.4) is 0 Å². The van der Waals surface area contributed by atoms with Gasteiger partial charge in [-0.3, -0.25) is 9.10 Å². The summed E-state index contributed by atoms with van der Waals surface area (Å²) in [6, 6.07) is 6.98. The molecule has 0 aromatic heterocycles. The van der Waals surface area contributed by atoms with Gasteiger partial charge in [0.05, 0.1) is 11.9 Å². The molecule has 1 aromatic carbocycles. The van der Waals surface area contributed by atoms with Gasteiger partial charge in [0.25, 0.3) is 0 Å². The lowest BCUT2D eigenvalue weighted by Crippen LogP contribution is -2.41. The summed E-state index contributed by atoms with van der Waals surface area (Å²) in [6.07, 6.45) is 7.59. The van der Waals surface area contributed by atoms with Gasteiger partial charge in [0, 0.05) is 22.0 Å². The van der Waals surface area contributed by atoms with Crippen LogP contribution in [0.1, 0.15) is 32.1 Å². The molecule has 0 bridgehead atoms. The van der Waals surface area contributed by atoms with Crippen molar-refractivity contribution in [2.24, 2.45) is 0 Å². The van der Waals surface area contributed by atoms with Gasteiger partial charge in [0.1, 0.15) is 6.54 Å². The number of amides is 1. The third-order valence-corrected chi connectivity index (χ3v) is 7.32. The van der Waals surface area contributed by atoms with Gasteiger partial charge in [-0.1, -0.05) is 31.4 Å². The number of benzene rings is 1. The number of nitrogens with one attached hydrogen (secondary N) is 1. The van der Waals surface area contributed by atoms with E-state index in [-0.39, 0.29) is 12.5 Å². The van der Waals surface area contributed by atoms with Gasteiger partial charge in [-0.2, -0.15) is 11.8 Å². The minimum Gasteiger partial charge on any atom is -0.354 e. The molecule has 140 valence electrons. The average molecular weight is 449 g/mol. The van der Waals surface area contributed by atoms with Crippen LogP contribution in [0.25, 0.3) is 0 Å². The van der Waals surface area contributed by atoms with Crippen molar-refractivity contribution in [2.45, 2.75) is 37.4 Å². The van der Waals surface area contributed by atoms with Crippen molar-refractivity contribution >= 4 is 49.3 Å². The van der Waals surface area contributed by atoms with Crippen LogP contribution in [-0.4, -0.2) is 44.7 Å². The van der Waals surface area contributed by atoms with Gasteiger partial charge < -0.3 is 5.32 Å². The molecule has 0 unspecified atom stereocenters. The van der Waals surface area contributed by atoms with Crippen molar-refractivity contribution in [2.75, 3.05) is 29.4 Å². The molecular weight excluding hydrogens is 424 g/mol. The molecule has 1 aliphatic carbocycles. The molecule has 5 nitrogen and oxygen atoms in total. The highest BCUT2D eigenvalue weighted by molar-refractivity contribution is 9.10. The second-order valence-electron chi connectivity index (χ2n) is 6.20. The zero-order valence-electron chi connectivity index (χ0n) is 14.4. The molecule has 0 radical (unpaired) electrons. The Kier molecular flexibility index (Phi) is 8.09. The van der Waals surface area contributed by atoms with Gasteiger partial charge in [-0.15, -0.1) is 0 Å². The number of hydrogen-bond acceptors (Lipinski definition) is 4. The molecule has 0 aliphatic heterocycles. The van der Waals surface area contributed by atoms with Crippen LogP contribution in [0.15, 0.2) is 28.7 Å². The number of nitrogens with zero attached hydrogens (tertiary/aromatic N) is 1. The number of rotatable bonds is 8. The summed E-state index contributed by atoms with van der Waals surface area (Å²) in [5.41, 5.74) is 0.469. The second kappa shape index (κ2) is 9.83. The number of halogens is 1. The lowest BCUT2D eigenvalue weighted by molar-refractivity contribution is -0.119. The number of para-hydroxylation sites is 1. The summed E-state index contributed by atoms with van der Waals surface area (Å²) in [5.74, 6) is 0.579. The standard InChI is InChI=1S/C17H25BrN2O3S2/c1-25(22,23)20(16-10-6-5-9-15(16)18)13-17(21)19-11-12-24-14-7-3-2-4-8-14/h5-6,9-10,14H,2-4,7-8,11-13H2,1H3,(H,19,21). The Morgan fingerprint density at radius 1 is 1.28 bits per heavy atom. The number of anilines is 1. The fourth-order valence-corrected chi connectivity index (χ4v) is 5.57. The summed E-state index contributed by atoms with van der Waals surface area (Å²) in [6.45, 7) is 0.350. The fraction of sp³-hybridized carbons (Fsp3) is 0.588. The Morgan fingerprint density at radius 2 is 1.96 bits per heavy atom. The third kappa shape index (κ3) is 6.83. The molecule has 0 spiro atoms. The van der Waals surface area contributed by atoms with Crippen molar-refractivity contribution in [3.05, 3.63) is 28.7 Å². The highest BCUT2D eigenvalue weighted by Gasteiger charge is 2.22. The first-order valence-corrected chi connectivity index (χ1v) is 12.2. The molecule has 0 saturated heterocycles. The predicted octanol–water partition coefficient (Wildman–Crippen LogP) is 3.40. The Labute approximate surface area is 163 Å². The van der Waals surface area contributed by atoms with E-state index in [0.29, 0.717) is 22.0 Å². The van der Waals surface area contributed by atoms with E-state index in [9.17, 15) is 13.2 Å². The summed E-state index contributed by atoms with van der Waals surface area (Å²) in [7, 11) is -3.55. The van der Waals surface area contributed by atoms with Crippen molar-refractivity contribution in [3.8, 4) is 0 Å². The largest absolute Gasteiger partial charge is 0.354 e. The first-order chi connectivity index (χ1) is 11.9. The minimum atomic E-state index is -3.55. The van der Waals surface area contributed by atoms with Crippen LogP contribution in [0.2, 0.25) is 0 Å². The number of hydrogen-bond donors (Lipinski definition) is 1. The molecule has 0 heterocycles. The zero-order chi connectivity index (χ0) is 18.3. The van der Waals surface area contributed by atoms with E-state index < -0.39 is 10.0 Å². The summed E-state index contributed by atoms with van der Waals surface area (Å²) < 4.78 is 25.9. The molecule has 1 amide bonds. The molecule has 1 aliphatic rings. The molecule has 1 aromatic rings. The predicted molar refractivity (Wildman–Crippen MR) is 109 cm³/mol. The third-order valence-electron chi connectivity index (χ3n) is 4.14. The summed E-state index contributed by atoms with van der Waals surface area (Å²) in [5, 5.41) is 3.54. The van der Waals surface area contributed by atoms with E-state index in [1.54, 1.807) is 24.3 Å². The number of sulfonamides is 1. The Balaban J connectivity index is 1.84. The highest BCUT2D eigenvalue weighted by atomic mass is 79.9. The minimum absolute atomic E-state index is 0.213. The van der Waals surface area contributed by atoms with Crippen molar-refractivity contribution in [1.29, 1.82) is 0 Å². The Morgan fingerprint density at radius 3 is 2.60 bits per heavy atom. The zero-order valence-corrected chi connectivity index (χ0v) is 17.6. The summed E-state index contributed by atoms with van der Waals surface area (Å²) >= 11 is 5.25. The number of carbonyl (C=O) groups is 1. The van der Waals surface area contributed by atoms with Gasteiger partial charge in [-0.25, -0.2) is 8.42 Å². The lowest BCUT2D eigenvalue weighted by Gasteiger charge is -2.23. The van der Waals surface area contributed by atoms with Gasteiger partial charge in [0.15, 0.2) is 0 Å². The quantitative estimate of drug-likeness (QED) is 0.618. The fourth-order valence-electron chi connectivity index (χ4n) is 2.87. The molecule has 1 N–H and O–H groups in total. The van der Waals surface area contributed by atoms with Crippen molar-refractivity contribution in [1.82, 2.24) is 5.32 Å². The van der Waals surface area contributed by atoms with E-state index in [2.05, 4.69) is 21.2 Å². The van der Waals surface area contributed by atoms with E-state index in [0.717, 1.165) is 16.3 Å².